The molecule has 1 heterocycles. The van der Waals surface area contributed by atoms with Gasteiger partial charge in [0, 0.05) is 30.7 Å². The summed E-state index contributed by atoms with van der Waals surface area (Å²) in [6, 6.07) is 10.5. The second-order valence-corrected chi connectivity index (χ2v) is 3.71. The van der Waals surface area contributed by atoms with Crippen molar-refractivity contribution in [2.75, 3.05) is 6.54 Å². The molecule has 15 heavy (non-hydrogen) atoms. The van der Waals surface area contributed by atoms with Gasteiger partial charge in [0.2, 0.25) is 0 Å². The number of aryl methyl sites for hydroxylation is 1. The smallest absolute Gasteiger partial charge is 0.0682 e. The van der Waals surface area contributed by atoms with Gasteiger partial charge in [0.25, 0.3) is 0 Å². The molecule has 0 radical (unpaired) electrons. The topological polar surface area (TPSA) is 17.3 Å². The maximum absolute atomic E-state index is 4.58. The van der Waals surface area contributed by atoms with E-state index in [4.69, 9.17) is 0 Å². The van der Waals surface area contributed by atoms with Gasteiger partial charge in [-0.1, -0.05) is 25.1 Å². The third-order valence-electron chi connectivity index (χ3n) is 2.52. The SMILES string of the molecule is CCCN=c1ccn(C)c2ccccc12. The molecule has 2 aromatic rings. The molecule has 0 atom stereocenters. The van der Waals surface area contributed by atoms with E-state index in [9.17, 15) is 0 Å². The Kier molecular flexibility index (Phi) is 2.86. The maximum atomic E-state index is 4.58. The van der Waals surface area contributed by atoms with E-state index in [1.54, 1.807) is 0 Å². The van der Waals surface area contributed by atoms with E-state index in [1.807, 2.05) is 0 Å². The molecule has 1 aromatic carbocycles. The number of para-hydroxylation sites is 1. The summed E-state index contributed by atoms with van der Waals surface area (Å²) in [6.45, 7) is 3.05. The van der Waals surface area contributed by atoms with Crippen LogP contribution in [0, 0.1) is 0 Å². The van der Waals surface area contributed by atoms with Crippen molar-refractivity contribution in [1.29, 1.82) is 0 Å². The minimum atomic E-state index is 0.901. The molecule has 2 nitrogen and oxygen atoms in total. The first-order valence-electron chi connectivity index (χ1n) is 5.38. The second kappa shape index (κ2) is 4.30. The number of nitrogens with zero attached hydrogens (tertiary/aromatic N) is 2. The van der Waals surface area contributed by atoms with Gasteiger partial charge in [0.05, 0.1) is 5.36 Å². The lowest BCUT2D eigenvalue weighted by atomic mass is 10.2. The number of hydrogen-bond acceptors (Lipinski definition) is 1. The Morgan fingerprint density at radius 1 is 1.20 bits per heavy atom. The van der Waals surface area contributed by atoms with Crippen LogP contribution >= 0.6 is 0 Å². The highest BCUT2D eigenvalue weighted by Gasteiger charge is 1.96. The third-order valence-corrected chi connectivity index (χ3v) is 2.52. The zero-order chi connectivity index (χ0) is 10.7. The Bertz CT molecular complexity index is 523. The lowest BCUT2D eigenvalue weighted by molar-refractivity contribution is 0.897. The van der Waals surface area contributed by atoms with Crippen molar-refractivity contribution < 1.29 is 0 Å². The highest BCUT2D eigenvalue weighted by Crippen LogP contribution is 2.07. The van der Waals surface area contributed by atoms with Crippen LogP contribution in [0.15, 0.2) is 41.5 Å². The molecule has 78 valence electrons. The molecule has 0 fully saturated rings. The standard InChI is InChI=1S/C13H16N2/c1-3-9-14-12-8-10-15(2)13-7-5-4-6-11(12)13/h4-8,10H,3,9H2,1-2H3. The van der Waals surface area contributed by atoms with Crippen molar-refractivity contribution in [3.63, 3.8) is 0 Å². The Morgan fingerprint density at radius 3 is 2.80 bits per heavy atom. The molecule has 0 aliphatic rings. The molecule has 0 bridgehead atoms. The molecule has 0 N–H and O–H groups in total. The molecule has 0 unspecified atom stereocenters. The average molecular weight is 200 g/mol. The molecular formula is C13H16N2. The van der Waals surface area contributed by atoms with Crippen LogP contribution < -0.4 is 5.36 Å². The van der Waals surface area contributed by atoms with Crippen molar-refractivity contribution in [2.24, 2.45) is 12.0 Å². The van der Waals surface area contributed by atoms with Gasteiger partial charge in [-0.2, -0.15) is 0 Å². The maximum Gasteiger partial charge on any atom is 0.0682 e. The number of fused-ring (bicyclic) bond motifs is 1. The predicted molar refractivity (Wildman–Crippen MR) is 63.6 cm³/mol. The summed E-state index contributed by atoms with van der Waals surface area (Å²) in [5.41, 5.74) is 1.23. The molecule has 0 saturated heterocycles. The Hall–Kier alpha value is -1.57. The first-order valence-corrected chi connectivity index (χ1v) is 5.38. The van der Waals surface area contributed by atoms with Gasteiger partial charge in [-0.25, -0.2) is 0 Å². The van der Waals surface area contributed by atoms with E-state index >= 15 is 0 Å². The summed E-state index contributed by atoms with van der Waals surface area (Å²) < 4.78 is 2.13. The van der Waals surface area contributed by atoms with Gasteiger partial charge in [-0.15, -0.1) is 0 Å². The van der Waals surface area contributed by atoms with Crippen LogP contribution in [0.3, 0.4) is 0 Å². The van der Waals surface area contributed by atoms with Crippen LogP contribution in [0.5, 0.6) is 0 Å². The number of hydrogen-bond donors (Lipinski definition) is 0. The summed E-state index contributed by atoms with van der Waals surface area (Å²) in [5, 5.41) is 2.33. The number of benzene rings is 1. The molecule has 2 heteroatoms. The Balaban J connectivity index is 2.72. The van der Waals surface area contributed by atoms with Gasteiger partial charge in [-0.05, 0) is 18.6 Å². The third kappa shape index (κ3) is 1.94. The normalized spacial score (nSPS) is 12.3. The molecule has 0 amide bonds. The number of rotatable bonds is 2. The second-order valence-electron chi connectivity index (χ2n) is 3.71. The predicted octanol–water partition coefficient (Wildman–Crippen LogP) is 2.49. The first kappa shape index (κ1) is 9.97. The van der Waals surface area contributed by atoms with Crippen LogP contribution in [-0.2, 0) is 7.05 Å². The average Bonchev–Trinajstić information content (AvgIpc) is 2.29. The van der Waals surface area contributed by atoms with Crippen molar-refractivity contribution >= 4 is 10.9 Å². The fourth-order valence-electron chi connectivity index (χ4n) is 1.72. The summed E-state index contributed by atoms with van der Waals surface area (Å²) in [4.78, 5) is 4.58. The fraction of sp³-hybridized carbons (Fsp3) is 0.308. The van der Waals surface area contributed by atoms with E-state index in [-0.39, 0.29) is 0 Å². The van der Waals surface area contributed by atoms with Crippen molar-refractivity contribution in [2.45, 2.75) is 13.3 Å². The zero-order valence-corrected chi connectivity index (χ0v) is 9.27. The van der Waals surface area contributed by atoms with E-state index in [2.05, 4.69) is 60.1 Å². The fourth-order valence-corrected chi connectivity index (χ4v) is 1.72. The van der Waals surface area contributed by atoms with E-state index in [1.165, 1.54) is 10.9 Å². The summed E-state index contributed by atoms with van der Waals surface area (Å²) in [7, 11) is 2.06. The van der Waals surface area contributed by atoms with Crippen molar-refractivity contribution in [1.82, 2.24) is 4.57 Å². The Morgan fingerprint density at radius 2 is 2.00 bits per heavy atom. The minimum Gasteiger partial charge on any atom is -0.350 e. The van der Waals surface area contributed by atoms with Gasteiger partial charge < -0.3 is 4.57 Å². The van der Waals surface area contributed by atoms with Crippen LogP contribution in [-0.4, -0.2) is 11.1 Å². The van der Waals surface area contributed by atoms with Gasteiger partial charge in [0.15, 0.2) is 0 Å². The van der Waals surface area contributed by atoms with Gasteiger partial charge in [-0.3, -0.25) is 4.99 Å². The molecule has 0 aliphatic heterocycles. The zero-order valence-electron chi connectivity index (χ0n) is 9.27. The summed E-state index contributed by atoms with van der Waals surface area (Å²) in [5.74, 6) is 0. The van der Waals surface area contributed by atoms with E-state index < -0.39 is 0 Å². The monoisotopic (exact) mass is 200 g/mol. The highest BCUT2D eigenvalue weighted by molar-refractivity contribution is 5.78. The van der Waals surface area contributed by atoms with Crippen LogP contribution in [0.1, 0.15) is 13.3 Å². The van der Waals surface area contributed by atoms with Gasteiger partial charge in [0.1, 0.15) is 0 Å². The van der Waals surface area contributed by atoms with Crippen molar-refractivity contribution in [3.8, 4) is 0 Å². The molecule has 2 rings (SSSR count). The molecule has 0 aliphatic carbocycles. The Labute approximate surface area is 89.9 Å². The molecule has 0 spiro atoms. The highest BCUT2D eigenvalue weighted by atomic mass is 14.9. The number of pyridine rings is 1. The lowest BCUT2D eigenvalue weighted by Gasteiger charge is -2.04. The minimum absolute atomic E-state index is 0.901. The van der Waals surface area contributed by atoms with Crippen molar-refractivity contribution in [3.05, 3.63) is 41.9 Å². The number of aromatic nitrogens is 1. The molecule has 0 saturated carbocycles. The first-order chi connectivity index (χ1) is 7.33. The van der Waals surface area contributed by atoms with Crippen LogP contribution in [0.4, 0.5) is 0 Å². The largest absolute Gasteiger partial charge is 0.350 e. The quantitative estimate of drug-likeness (QED) is 0.708. The van der Waals surface area contributed by atoms with Crippen LogP contribution in [0.25, 0.3) is 10.9 Å². The summed E-state index contributed by atoms with van der Waals surface area (Å²) >= 11 is 0. The van der Waals surface area contributed by atoms with Gasteiger partial charge >= 0.3 is 0 Å². The molecule has 1 aromatic heterocycles. The van der Waals surface area contributed by atoms with E-state index in [0.29, 0.717) is 0 Å². The van der Waals surface area contributed by atoms with E-state index in [0.717, 1.165) is 18.3 Å². The summed E-state index contributed by atoms with van der Waals surface area (Å²) in [6.07, 6.45) is 3.16. The van der Waals surface area contributed by atoms with Crippen LogP contribution in [0.2, 0.25) is 0 Å². The lowest BCUT2D eigenvalue weighted by Crippen LogP contribution is -2.07. The molecular weight excluding hydrogens is 184 g/mol.